The van der Waals surface area contributed by atoms with Gasteiger partial charge in [-0.05, 0) is 26.2 Å². The normalized spacial score (nSPS) is 11.1. The van der Waals surface area contributed by atoms with Gasteiger partial charge >= 0.3 is 0 Å². The first-order chi connectivity index (χ1) is 7.18. The third kappa shape index (κ3) is 1.92. The average Bonchev–Trinajstić information content (AvgIpc) is 2.22. The second-order valence-electron chi connectivity index (χ2n) is 3.82. The second-order valence-corrected chi connectivity index (χ2v) is 3.82. The Bertz CT molecular complexity index is 528. The summed E-state index contributed by atoms with van der Waals surface area (Å²) in [6.07, 6.45) is 1.55. The lowest BCUT2D eigenvalue weighted by Crippen LogP contribution is -2.18. The Hall–Kier alpha value is -1.61. The van der Waals surface area contributed by atoms with Gasteiger partial charge in [-0.25, -0.2) is 0 Å². The summed E-state index contributed by atoms with van der Waals surface area (Å²) in [4.78, 5) is 13.9. The predicted octanol–water partition coefficient (Wildman–Crippen LogP) is 1.85. The van der Waals surface area contributed by atoms with Gasteiger partial charge in [0.15, 0.2) is 5.43 Å². The molecule has 3 nitrogen and oxygen atoms in total. The van der Waals surface area contributed by atoms with Gasteiger partial charge in [0.1, 0.15) is 5.58 Å². The van der Waals surface area contributed by atoms with Crippen LogP contribution in [0.2, 0.25) is 0 Å². The molecule has 0 aliphatic heterocycles. The first-order valence-electron chi connectivity index (χ1n) is 4.82. The minimum Gasteiger partial charge on any atom is -0.464 e. The number of hydrogen-bond acceptors (Lipinski definition) is 3. The van der Waals surface area contributed by atoms with Gasteiger partial charge in [-0.1, -0.05) is 12.1 Å². The van der Waals surface area contributed by atoms with E-state index in [9.17, 15) is 4.79 Å². The molecule has 3 heteroatoms. The lowest BCUT2D eigenvalue weighted by Gasteiger charge is -2.08. The van der Waals surface area contributed by atoms with E-state index in [4.69, 9.17) is 4.42 Å². The van der Waals surface area contributed by atoms with Gasteiger partial charge < -0.3 is 9.32 Å². The molecule has 0 aliphatic rings. The lowest BCUT2D eigenvalue weighted by molar-refractivity contribution is 0.395. The molecule has 0 saturated carbocycles. The van der Waals surface area contributed by atoms with Crippen LogP contribution in [0.3, 0.4) is 0 Å². The first kappa shape index (κ1) is 9.93. The Kier molecular flexibility index (Phi) is 2.56. The molecular formula is C12H13NO2. The van der Waals surface area contributed by atoms with Crippen molar-refractivity contribution < 1.29 is 4.42 Å². The van der Waals surface area contributed by atoms with E-state index in [0.29, 0.717) is 23.1 Å². The number of benzene rings is 1. The zero-order chi connectivity index (χ0) is 10.8. The maximum Gasteiger partial charge on any atom is 0.197 e. The minimum atomic E-state index is 0.0607. The monoisotopic (exact) mass is 203 g/mol. The molecule has 1 heterocycles. The molecule has 2 aromatic rings. The highest BCUT2D eigenvalue weighted by atomic mass is 16.3. The molecule has 0 unspecified atom stereocenters. The lowest BCUT2D eigenvalue weighted by atomic mass is 10.2. The van der Waals surface area contributed by atoms with Crippen LogP contribution in [0.4, 0.5) is 0 Å². The van der Waals surface area contributed by atoms with Crippen molar-refractivity contribution in [2.24, 2.45) is 0 Å². The Balaban J connectivity index is 2.60. The fourth-order valence-corrected chi connectivity index (χ4v) is 1.57. The predicted molar refractivity (Wildman–Crippen MR) is 59.9 cm³/mol. The van der Waals surface area contributed by atoms with Crippen LogP contribution < -0.4 is 5.43 Å². The summed E-state index contributed by atoms with van der Waals surface area (Å²) in [5.41, 5.74) is 1.40. The van der Waals surface area contributed by atoms with Crippen molar-refractivity contribution in [2.75, 3.05) is 14.1 Å². The molecule has 0 saturated heterocycles. The molecule has 2 rings (SSSR count). The van der Waals surface area contributed by atoms with E-state index in [1.807, 2.05) is 31.1 Å². The Labute approximate surface area is 87.9 Å². The van der Waals surface area contributed by atoms with Gasteiger partial charge in [0, 0.05) is 12.1 Å². The molecule has 0 fully saturated rings. The third-order valence-electron chi connectivity index (χ3n) is 2.24. The van der Waals surface area contributed by atoms with E-state index in [-0.39, 0.29) is 5.43 Å². The minimum absolute atomic E-state index is 0.0607. The maximum absolute atomic E-state index is 12.0. The number of fused-ring (bicyclic) bond motifs is 1. The smallest absolute Gasteiger partial charge is 0.197 e. The molecule has 0 spiro atoms. The van der Waals surface area contributed by atoms with Gasteiger partial charge in [0.25, 0.3) is 0 Å². The summed E-state index contributed by atoms with van der Waals surface area (Å²) in [6.45, 7) is 0.604. The highest BCUT2D eigenvalue weighted by Crippen LogP contribution is 2.10. The van der Waals surface area contributed by atoms with Crippen molar-refractivity contribution in [3.05, 3.63) is 46.3 Å². The van der Waals surface area contributed by atoms with E-state index in [1.54, 1.807) is 18.4 Å². The zero-order valence-corrected chi connectivity index (χ0v) is 8.86. The average molecular weight is 203 g/mol. The summed E-state index contributed by atoms with van der Waals surface area (Å²) in [5.74, 6) is 0. The quantitative estimate of drug-likeness (QED) is 0.747. The standard InChI is InChI=1S/C12H13NO2/c1-13(2)7-9-8-15-11-6-4-3-5-10(11)12(9)14/h3-6,8H,7H2,1-2H3. The SMILES string of the molecule is CN(C)Cc1coc2ccccc2c1=O. The molecule has 0 aliphatic carbocycles. The summed E-state index contributed by atoms with van der Waals surface area (Å²) in [6, 6.07) is 7.30. The highest BCUT2D eigenvalue weighted by molar-refractivity contribution is 5.76. The summed E-state index contributed by atoms with van der Waals surface area (Å²) < 4.78 is 5.40. The largest absolute Gasteiger partial charge is 0.464 e. The topological polar surface area (TPSA) is 33.5 Å². The fraction of sp³-hybridized carbons (Fsp3) is 0.250. The van der Waals surface area contributed by atoms with E-state index < -0.39 is 0 Å². The van der Waals surface area contributed by atoms with Crippen molar-refractivity contribution in [3.8, 4) is 0 Å². The Morgan fingerprint density at radius 3 is 2.73 bits per heavy atom. The van der Waals surface area contributed by atoms with Crippen LogP contribution in [0.25, 0.3) is 11.0 Å². The molecule has 0 N–H and O–H groups in total. The number of rotatable bonds is 2. The molecule has 15 heavy (non-hydrogen) atoms. The molecule has 1 aromatic carbocycles. The van der Waals surface area contributed by atoms with Gasteiger partial charge in [0.2, 0.25) is 0 Å². The van der Waals surface area contributed by atoms with Gasteiger partial charge in [0.05, 0.1) is 11.6 Å². The molecule has 0 radical (unpaired) electrons. The molecule has 78 valence electrons. The Morgan fingerprint density at radius 2 is 2.00 bits per heavy atom. The van der Waals surface area contributed by atoms with E-state index >= 15 is 0 Å². The molecule has 0 amide bonds. The van der Waals surface area contributed by atoms with Crippen LogP contribution in [0.1, 0.15) is 5.56 Å². The number of hydrogen-bond donors (Lipinski definition) is 0. The molecular weight excluding hydrogens is 190 g/mol. The van der Waals surface area contributed by atoms with Crippen molar-refractivity contribution in [1.29, 1.82) is 0 Å². The summed E-state index contributed by atoms with van der Waals surface area (Å²) in [5, 5.41) is 0.650. The van der Waals surface area contributed by atoms with Crippen LogP contribution in [0.15, 0.2) is 39.7 Å². The van der Waals surface area contributed by atoms with Crippen LogP contribution in [-0.4, -0.2) is 19.0 Å². The molecule has 1 aromatic heterocycles. The summed E-state index contributed by atoms with van der Waals surface area (Å²) >= 11 is 0. The maximum atomic E-state index is 12.0. The summed E-state index contributed by atoms with van der Waals surface area (Å²) in [7, 11) is 3.85. The number of para-hydroxylation sites is 1. The van der Waals surface area contributed by atoms with Crippen LogP contribution in [0.5, 0.6) is 0 Å². The first-order valence-corrected chi connectivity index (χ1v) is 4.82. The molecule has 0 atom stereocenters. The van der Waals surface area contributed by atoms with Crippen LogP contribution >= 0.6 is 0 Å². The highest BCUT2D eigenvalue weighted by Gasteiger charge is 2.06. The number of nitrogens with zero attached hydrogens (tertiary/aromatic N) is 1. The van der Waals surface area contributed by atoms with Gasteiger partial charge in [-0.2, -0.15) is 0 Å². The van der Waals surface area contributed by atoms with Crippen LogP contribution in [-0.2, 0) is 6.54 Å². The Morgan fingerprint density at radius 1 is 1.27 bits per heavy atom. The van der Waals surface area contributed by atoms with Crippen molar-refractivity contribution >= 4 is 11.0 Å². The van der Waals surface area contributed by atoms with Crippen LogP contribution in [0, 0.1) is 0 Å². The second kappa shape index (κ2) is 3.87. The fourth-order valence-electron chi connectivity index (χ4n) is 1.57. The van der Waals surface area contributed by atoms with Crippen molar-refractivity contribution in [3.63, 3.8) is 0 Å². The third-order valence-corrected chi connectivity index (χ3v) is 2.24. The van der Waals surface area contributed by atoms with E-state index in [1.165, 1.54) is 0 Å². The van der Waals surface area contributed by atoms with Crippen molar-refractivity contribution in [2.45, 2.75) is 6.54 Å². The van der Waals surface area contributed by atoms with Crippen molar-refractivity contribution in [1.82, 2.24) is 4.90 Å². The van der Waals surface area contributed by atoms with Gasteiger partial charge in [-0.3, -0.25) is 4.79 Å². The zero-order valence-electron chi connectivity index (χ0n) is 8.86. The molecule has 0 bridgehead atoms. The van der Waals surface area contributed by atoms with Gasteiger partial charge in [-0.15, -0.1) is 0 Å². The van der Waals surface area contributed by atoms with E-state index in [2.05, 4.69) is 0 Å². The van der Waals surface area contributed by atoms with E-state index in [0.717, 1.165) is 0 Å².